The average Bonchev–Trinajstić information content (AvgIpc) is 2.61. The molecule has 0 radical (unpaired) electrons. The van der Waals surface area contributed by atoms with Gasteiger partial charge < -0.3 is 4.90 Å². The van der Waals surface area contributed by atoms with Gasteiger partial charge in [0.25, 0.3) is 10.0 Å². The number of anilines is 2. The summed E-state index contributed by atoms with van der Waals surface area (Å²) in [4.78, 5) is 6.98. The van der Waals surface area contributed by atoms with E-state index in [2.05, 4.69) is 42.3 Å². The minimum absolute atomic E-state index is 0.0125. The van der Waals surface area contributed by atoms with Crippen LogP contribution in [-0.2, 0) is 15.4 Å². The van der Waals surface area contributed by atoms with Crippen molar-refractivity contribution in [3.8, 4) is 0 Å². The first kappa shape index (κ1) is 19.7. The molecule has 0 bridgehead atoms. The average molecular weight is 388 g/mol. The molecule has 1 aromatic heterocycles. The van der Waals surface area contributed by atoms with Crippen LogP contribution in [-0.4, -0.2) is 26.5 Å². The normalized spacial score (nSPS) is 18.4. The maximum Gasteiger partial charge on any atom is 0.261 e. The smallest absolute Gasteiger partial charge is 0.261 e. The van der Waals surface area contributed by atoms with Crippen molar-refractivity contribution in [2.24, 2.45) is 5.92 Å². The largest absolute Gasteiger partial charge is 0.356 e. The number of nitrogens with one attached hydrogen (secondary N) is 1. The molecule has 27 heavy (non-hydrogen) atoms. The summed E-state index contributed by atoms with van der Waals surface area (Å²) in [6.07, 6.45) is 4.01. The summed E-state index contributed by atoms with van der Waals surface area (Å²) < 4.78 is 27.9. The molecule has 1 aromatic carbocycles. The summed E-state index contributed by atoms with van der Waals surface area (Å²) in [5, 5.41) is 0. The Balaban J connectivity index is 1.72. The maximum absolute atomic E-state index is 12.6. The third kappa shape index (κ3) is 4.80. The van der Waals surface area contributed by atoms with Crippen molar-refractivity contribution < 1.29 is 8.42 Å². The first-order valence-electron chi connectivity index (χ1n) is 9.49. The van der Waals surface area contributed by atoms with Gasteiger partial charge in [-0.2, -0.15) is 0 Å². The van der Waals surface area contributed by atoms with Crippen LogP contribution in [0.1, 0.15) is 46.1 Å². The van der Waals surface area contributed by atoms with Gasteiger partial charge in [-0.3, -0.25) is 4.72 Å². The number of rotatable bonds is 4. The molecule has 1 N–H and O–H groups in total. The highest BCUT2D eigenvalue weighted by molar-refractivity contribution is 7.92. The van der Waals surface area contributed by atoms with E-state index in [1.54, 1.807) is 24.4 Å². The fourth-order valence-corrected chi connectivity index (χ4v) is 4.42. The van der Waals surface area contributed by atoms with Gasteiger partial charge >= 0.3 is 0 Å². The summed E-state index contributed by atoms with van der Waals surface area (Å²) in [7, 11) is -3.63. The van der Waals surface area contributed by atoms with Crippen LogP contribution < -0.4 is 9.62 Å². The molecule has 0 amide bonds. The van der Waals surface area contributed by atoms with Crippen LogP contribution >= 0.6 is 0 Å². The van der Waals surface area contributed by atoms with Gasteiger partial charge in [0, 0.05) is 13.1 Å². The maximum atomic E-state index is 12.6. The third-order valence-electron chi connectivity index (χ3n) is 5.01. The molecule has 0 aliphatic carbocycles. The molecule has 146 valence electrons. The second-order valence-corrected chi connectivity index (χ2v) is 10.2. The van der Waals surface area contributed by atoms with Gasteiger partial charge in [-0.05, 0) is 54.0 Å². The van der Waals surface area contributed by atoms with Gasteiger partial charge in [-0.1, -0.05) is 39.8 Å². The van der Waals surface area contributed by atoms with Gasteiger partial charge in [0.05, 0.1) is 16.8 Å². The number of hydrogen-bond acceptors (Lipinski definition) is 4. The molecular formula is C21H29N3O2S. The molecule has 1 aliphatic heterocycles. The molecule has 3 rings (SSSR count). The zero-order chi connectivity index (χ0) is 19.7. The Hall–Kier alpha value is -2.08. The number of hydrogen-bond donors (Lipinski definition) is 1. The van der Waals surface area contributed by atoms with Crippen molar-refractivity contribution in [1.82, 2.24) is 4.98 Å². The topological polar surface area (TPSA) is 62.3 Å². The number of nitrogens with zero attached hydrogens (tertiary/aromatic N) is 2. The minimum atomic E-state index is -3.63. The van der Waals surface area contributed by atoms with Crippen molar-refractivity contribution >= 4 is 21.5 Å². The van der Waals surface area contributed by atoms with Crippen LogP contribution in [0.15, 0.2) is 47.5 Å². The SMILES string of the molecule is CC1CCCN(c2ccc(NS(=O)(=O)c3ccc(C(C)(C)C)cc3)cn2)C1. The zero-order valence-corrected chi connectivity index (χ0v) is 17.4. The van der Waals surface area contributed by atoms with Crippen molar-refractivity contribution in [2.45, 2.75) is 50.8 Å². The van der Waals surface area contributed by atoms with Crippen LogP contribution in [0, 0.1) is 5.92 Å². The lowest BCUT2D eigenvalue weighted by Gasteiger charge is -2.31. The lowest BCUT2D eigenvalue weighted by atomic mass is 9.87. The summed E-state index contributed by atoms with van der Waals surface area (Å²) >= 11 is 0. The standard InChI is InChI=1S/C21H29N3O2S/c1-16-6-5-13-24(15-16)20-12-9-18(14-22-20)23-27(25,26)19-10-7-17(8-11-19)21(2,3)4/h7-12,14,16,23H,5-6,13,15H2,1-4H3. The molecule has 0 spiro atoms. The van der Waals surface area contributed by atoms with E-state index in [4.69, 9.17) is 0 Å². The number of piperidine rings is 1. The lowest BCUT2D eigenvalue weighted by molar-refractivity contribution is 0.444. The molecule has 0 saturated carbocycles. The highest BCUT2D eigenvalue weighted by Crippen LogP contribution is 2.25. The third-order valence-corrected chi connectivity index (χ3v) is 6.41. The van der Waals surface area contributed by atoms with Gasteiger partial charge in [0.1, 0.15) is 5.82 Å². The van der Waals surface area contributed by atoms with Gasteiger partial charge in [0.15, 0.2) is 0 Å². The van der Waals surface area contributed by atoms with Crippen molar-refractivity contribution in [1.29, 1.82) is 0 Å². The van der Waals surface area contributed by atoms with Crippen LogP contribution in [0.2, 0.25) is 0 Å². The summed E-state index contributed by atoms with van der Waals surface area (Å²) in [5.41, 5.74) is 1.56. The van der Waals surface area contributed by atoms with E-state index in [0.29, 0.717) is 11.6 Å². The highest BCUT2D eigenvalue weighted by Gasteiger charge is 2.19. The second kappa shape index (κ2) is 7.50. The van der Waals surface area contributed by atoms with Crippen molar-refractivity contribution in [3.05, 3.63) is 48.2 Å². The Labute approximate surface area is 162 Å². The van der Waals surface area contributed by atoms with Crippen LogP contribution in [0.25, 0.3) is 0 Å². The predicted octanol–water partition coefficient (Wildman–Crippen LogP) is 4.42. The quantitative estimate of drug-likeness (QED) is 0.844. The Morgan fingerprint density at radius 1 is 1.11 bits per heavy atom. The van der Waals surface area contributed by atoms with E-state index in [0.717, 1.165) is 24.5 Å². The van der Waals surface area contributed by atoms with E-state index in [9.17, 15) is 8.42 Å². The molecule has 1 atom stereocenters. The lowest BCUT2D eigenvalue weighted by Crippen LogP contribution is -2.34. The summed E-state index contributed by atoms with van der Waals surface area (Å²) in [6.45, 7) is 10.6. The molecule has 1 saturated heterocycles. The molecule has 1 unspecified atom stereocenters. The summed E-state index contributed by atoms with van der Waals surface area (Å²) in [6, 6.07) is 10.7. The Morgan fingerprint density at radius 2 is 1.81 bits per heavy atom. The number of aromatic nitrogens is 1. The van der Waals surface area contributed by atoms with Crippen LogP contribution in [0.5, 0.6) is 0 Å². The predicted molar refractivity (Wildman–Crippen MR) is 111 cm³/mol. The second-order valence-electron chi connectivity index (χ2n) is 8.48. The van der Waals surface area contributed by atoms with E-state index in [1.165, 1.54) is 12.8 Å². The van der Waals surface area contributed by atoms with E-state index in [1.807, 2.05) is 18.2 Å². The molecular weight excluding hydrogens is 358 g/mol. The fourth-order valence-electron chi connectivity index (χ4n) is 3.38. The number of sulfonamides is 1. The molecule has 2 aromatic rings. The van der Waals surface area contributed by atoms with Gasteiger partial charge in [-0.25, -0.2) is 13.4 Å². The van der Waals surface area contributed by atoms with Crippen LogP contribution in [0.3, 0.4) is 0 Å². The van der Waals surface area contributed by atoms with E-state index < -0.39 is 10.0 Å². The van der Waals surface area contributed by atoms with Crippen molar-refractivity contribution in [2.75, 3.05) is 22.7 Å². The van der Waals surface area contributed by atoms with Gasteiger partial charge in [0.2, 0.25) is 0 Å². The Bertz CT molecular complexity index is 869. The summed E-state index contributed by atoms with van der Waals surface area (Å²) in [5.74, 6) is 1.56. The molecule has 5 nitrogen and oxygen atoms in total. The fraction of sp³-hybridized carbons (Fsp3) is 0.476. The Kier molecular flexibility index (Phi) is 5.47. The van der Waals surface area contributed by atoms with E-state index in [-0.39, 0.29) is 10.3 Å². The molecule has 1 aliphatic rings. The molecule has 6 heteroatoms. The number of benzene rings is 1. The first-order valence-corrected chi connectivity index (χ1v) is 11.0. The number of pyridine rings is 1. The van der Waals surface area contributed by atoms with E-state index >= 15 is 0 Å². The minimum Gasteiger partial charge on any atom is -0.356 e. The Morgan fingerprint density at radius 3 is 2.37 bits per heavy atom. The molecule has 1 fully saturated rings. The van der Waals surface area contributed by atoms with Crippen molar-refractivity contribution in [3.63, 3.8) is 0 Å². The highest BCUT2D eigenvalue weighted by atomic mass is 32.2. The first-order chi connectivity index (χ1) is 12.6. The monoisotopic (exact) mass is 387 g/mol. The van der Waals surface area contributed by atoms with Crippen LogP contribution in [0.4, 0.5) is 11.5 Å². The molecule has 2 heterocycles. The zero-order valence-electron chi connectivity index (χ0n) is 16.6. The van der Waals surface area contributed by atoms with Gasteiger partial charge in [-0.15, -0.1) is 0 Å².